The van der Waals surface area contributed by atoms with E-state index < -0.39 is 47.3 Å². The van der Waals surface area contributed by atoms with Gasteiger partial charge >= 0.3 is 12.1 Å². The number of hydrogen-bond acceptors (Lipinski definition) is 8. The smallest absolute Gasteiger partial charge is 0.416 e. The van der Waals surface area contributed by atoms with Gasteiger partial charge in [0.25, 0.3) is 5.19 Å². The van der Waals surface area contributed by atoms with Crippen LogP contribution >= 0.6 is 11.3 Å². The van der Waals surface area contributed by atoms with Gasteiger partial charge in [0.1, 0.15) is 23.7 Å². The number of nitrogens with one attached hydrogen (secondary N) is 2. The van der Waals surface area contributed by atoms with E-state index in [2.05, 4.69) is 15.6 Å². The van der Waals surface area contributed by atoms with Gasteiger partial charge < -0.3 is 25.0 Å². The largest absolute Gasteiger partial charge is 0.467 e. The maximum atomic E-state index is 14.3. The lowest BCUT2D eigenvalue weighted by atomic mass is 10.0. The molecule has 2 fully saturated rings. The molecular weight excluding hydrogens is 621 g/mol. The molecule has 2 amide bonds. The van der Waals surface area contributed by atoms with Gasteiger partial charge in [-0.15, -0.1) is 0 Å². The lowest BCUT2D eigenvalue weighted by Gasteiger charge is -2.30. The van der Waals surface area contributed by atoms with E-state index in [1.165, 1.54) is 35.5 Å². The number of anilines is 1. The van der Waals surface area contributed by atoms with E-state index >= 15 is 0 Å². The number of ether oxygens (including phenoxy) is 2. The molecular formula is C33H35F3N4O5S. The zero-order chi connectivity index (χ0) is 32.5. The van der Waals surface area contributed by atoms with Crippen molar-refractivity contribution in [3.63, 3.8) is 0 Å². The average molecular weight is 657 g/mol. The molecule has 0 radical (unpaired) electrons. The van der Waals surface area contributed by atoms with Crippen LogP contribution < -0.4 is 15.4 Å². The number of hydrogen-bond donors (Lipinski definition) is 2. The molecule has 3 heterocycles. The Kier molecular flexibility index (Phi) is 8.95. The number of para-hydroxylation sites is 1. The highest BCUT2D eigenvalue weighted by Crippen LogP contribution is 2.46. The molecule has 1 saturated heterocycles. The molecule has 1 aromatic heterocycles. The van der Waals surface area contributed by atoms with Crippen molar-refractivity contribution in [2.24, 2.45) is 5.92 Å². The lowest BCUT2D eigenvalue weighted by molar-refractivity contribution is -0.148. The first-order chi connectivity index (χ1) is 22.1. The van der Waals surface area contributed by atoms with Gasteiger partial charge in [-0.1, -0.05) is 48.5 Å². The first-order valence-corrected chi connectivity index (χ1v) is 16.2. The number of benzene rings is 2. The summed E-state index contributed by atoms with van der Waals surface area (Å²) in [5.41, 5.74) is -0.859. The van der Waals surface area contributed by atoms with E-state index in [0.29, 0.717) is 30.1 Å². The van der Waals surface area contributed by atoms with Crippen LogP contribution in [0.3, 0.4) is 0 Å². The summed E-state index contributed by atoms with van der Waals surface area (Å²) in [4.78, 5) is 47.1. The molecule has 0 spiro atoms. The van der Waals surface area contributed by atoms with Crippen molar-refractivity contribution in [3.8, 4) is 5.19 Å². The molecule has 2 aliphatic heterocycles. The molecule has 244 valence electrons. The number of aromatic nitrogens is 1. The highest BCUT2D eigenvalue weighted by Gasteiger charge is 2.62. The number of thiazole rings is 1. The van der Waals surface area contributed by atoms with Crippen LogP contribution in [0.4, 0.5) is 18.9 Å². The number of carbonyl (C=O) groups excluding carboxylic acids is 3. The maximum absolute atomic E-state index is 14.3. The number of fused-ring (bicyclic) bond motifs is 3. The van der Waals surface area contributed by atoms with Crippen molar-refractivity contribution < 1.29 is 37.0 Å². The number of methoxy groups -OCH3 is 1. The zero-order valence-corrected chi connectivity index (χ0v) is 26.0. The van der Waals surface area contributed by atoms with Gasteiger partial charge in [-0.3, -0.25) is 9.59 Å². The van der Waals surface area contributed by atoms with Gasteiger partial charge in [0.2, 0.25) is 11.8 Å². The van der Waals surface area contributed by atoms with E-state index in [1.807, 2.05) is 36.4 Å². The average Bonchev–Trinajstić information content (AvgIpc) is 3.34. The predicted octanol–water partition coefficient (Wildman–Crippen LogP) is 5.71. The highest BCUT2D eigenvalue weighted by molar-refractivity contribution is 7.20. The normalized spacial score (nSPS) is 27.9. The SMILES string of the molecule is COC(=O)[C@@]12C[C@@H]1/C=C\CCCCC[C@H](Nc1ccc(C(F)(F)F)cc1)C(=O)N1C[C@H](Oc3nc4ccccc4s3)C[C@H]1C(=O)N2. The Labute approximate surface area is 268 Å². The Hall–Kier alpha value is -4.13. The quantitative estimate of drug-likeness (QED) is 0.268. The highest BCUT2D eigenvalue weighted by atomic mass is 32.1. The van der Waals surface area contributed by atoms with E-state index in [9.17, 15) is 27.6 Å². The Balaban J connectivity index is 1.29. The summed E-state index contributed by atoms with van der Waals surface area (Å²) in [5, 5.41) is 6.47. The second-order valence-electron chi connectivity index (χ2n) is 12.0. The number of allylic oxidation sites excluding steroid dienone is 1. The van der Waals surface area contributed by atoms with Crippen LogP contribution in [0.2, 0.25) is 0 Å². The van der Waals surface area contributed by atoms with Crippen molar-refractivity contribution in [1.29, 1.82) is 0 Å². The first kappa shape index (κ1) is 31.8. The minimum absolute atomic E-state index is 0.0899. The molecule has 3 aliphatic rings. The van der Waals surface area contributed by atoms with Crippen LogP contribution in [0.5, 0.6) is 5.19 Å². The Morgan fingerprint density at radius 1 is 1.11 bits per heavy atom. The van der Waals surface area contributed by atoms with Gasteiger partial charge in [-0.25, -0.2) is 9.78 Å². The van der Waals surface area contributed by atoms with Crippen LogP contribution in [-0.2, 0) is 25.3 Å². The minimum Gasteiger partial charge on any atom is -0.467 e. The summed E-state index contributed by atoms with van der Waals surface area (Å²) < 4.78 is 51.8. The van der Waals surface area contributed by atoms with Crippen molar-refractivity contribution >= 4 is 45.0 Å². The summed E-state index contributed by atoms with van der Waals surface area (Å²) in [7, 11) is 1.28. The number of esters is 1. The Morgan fingerprint density at radius 2 is 1.89 bits per heavy atom. The minimum atomic E-state index is -4.48. The molecule has 2 N–H and O–H groups in total. The number of amides is 2. The van der Waals surface area contributed by atoms with Crippen LogP contribution in [-0.4, -0.2) is 65.0 Å². The molecule has 3 aromatic rings. The fraction of sp³-hybridized carbons (Fsp3) is 0.455. The molecule has 9 nitrogen and oxygen atoms in total. The fourth-order valence-electron chi connectivity index (χ4n) is 6.32. The number of rotatable bonds is 5. The van der Waals surface area contributed by atoms with Crippen molar-refractivity contribution in [3.05, 3.63) is 66.2 Å². The summed E-state index contributed by atoms with van der Waals surface area (Å²) >= 11 is 1.37. The molecule has 13 heteroatoms. The van der Waals surface area contributed by atoms with Crippen LogP contribution in [0.15, 0.2) is 60.7 Å². The molecule has 2 aromatic carbocycles. The van der Waals surface area contributed by atoms with E-state index in [0.717, 1.165) is 41.6 Å². The third kappa shape index (κ3) is 6.69. The molecule has 1 saturated carbocycles. The fourth-order valence-corrected chi connectivity index (χ4v) is 7.20. The molecule has 0 unspecified atom stereocenters. The maximum Gasteiger partial charge on any atom is 0.416 e. The Bertz CT molecular complexity index is 1590. The summed E-state index contributed by atoms with van der Waals surface area (Å²) in [5.74, 6) is -1.63. The Morgan fingerprint density at radius 3 is 2.63 bits per heavy atom. The van der Waals surface area contributed by atoms with Gasteiger partial charge in [-0.2, -0.15) is 13.2 Å². The summed E-state index contributed by atoms with van der Waals surface area (Å²) in [6, 6.07) is 10.4. The zero-order valence-electron chi connectivity index (χ0n) is 25.2. The second kappa shape index (κ2) is 12.9. The standard InChI is InChI=1S/C33H35F3N4O5S/c1-44-30(43)32-18-21(32)9-5-3-2-4-6-11-25(37-22-15-13-20(14-16-22)33(34,35)36)29(42)40-19-23(17-26(40)28(41)39-32)45-31-38-24-10-7-8-12-27(24)46-31/h5,7-10,12-16,21,23,25-26,37H,2-4,6,11,17-19H2,1H3,(H,39,41)/b9-5-/t21-,23+,25-,26-,32+/m0/s1. The lowest BCUT2D eigenvalue weighted by Crippen LogP contribution is -2.55. The summed E-state index contributed by atoms with van der Waals surface area (Å²) in [6.07, 6.45) is 3.01. The number of alkyl halides is 3. The van der Waals surface area contributed by atoms with Crippen molar-refractivity contribution in [2.45, 2.75) is 74.8 Å². The van der Waals surface area contributed by atoms with Crippen LogP contribution in [0.25, 0.3) is 10.2 Å². The van der Waals surface area contributed by atoms with E-state index in [-0.39, 0.29) is 24.8 Å². The van der Waals surface area contributed by atoms with Gasteiger partial charge in [0, 0.05) is 18.0 Å². The topological polar surface area (TPSA) is 110 Å². The van der Waals surface area contributed by atoms with Crippen LogP contribution in [0, 0.1) is 5.92 Å². The number of nitrogens with zero attached hydrogens (tertiary/aromatic N) is 2. The third-order valence-corrected chi connectivity index (χ3v) is 9.81. The molecule has 1 aliphatic carbocycles. The molecule has 46 heavy (non-hydrogen) atoms. The van der Waals surface area contributed by atoms with Gasteiger partial charge in [0.05, 0.1) is 29.4 Å². The molecule has 6 rings (SSSR count). The molecule has 5 atom stereocenters. The van der Waals surface area contributed by atoms with E-state index in [4.69, 9.17) is 9.47 Å². The van der Waals surface area contributed by atoms with Gasteiger partial charge in [0.15, 0.2) is 0 Å². The predicted molar refractivity (Wildman–Crippen MR) is 166 cm³/mol. The first-order valence-electron chi connectivity index (χ1n) is 15.4. The summed E-state index contributed by atoms with van der Waals surface area (Å²) in [6.45, 7) is 0.0899. The second-order valence-corrected chi connectivity index (χ2v) is 13.0. The van der Waals surface area contributed by atoms with Gasteiger partial charge in [-0.05, 0) is 62.1 Å². The van der Waals surface area contributed by atoms with Crippen molar-refractivity contribution in [2.75, 3.05) is 19.0 Å². The molecule has 0 bridgehead atoms. The number of carbonyl (C=O) groups is 3. The van der Waals surface area contributed by atoms with Crippen molar-refractivity contribution in [1.82, 2.24) is 15.2 Å². The van der Waals surface area contributed by atoms with Crippen LogP contribution in [0.1, 0.15) is 50.5 Å². The monoisotopic (exact) mass is 656 g/mol. The third-order valence-electron chi connectivity index (χ3n) is 8.88. The number of halogens is 3. The van der Waals surface area contributed by atoms with E-state index in [1.54, 1.807) is 0 Å².